The van der Waals surface area contributed by atoms with Gasteiger partial charge in [0.1, 0.15) is 5.92 Å². The summed E-state index contributed by atoms with van der Waals surface area (Å²) in [4.78, 5) is 11.2. The first-order valence-electron chi connectivity index (χ1n) is 3.97. The number of esters is 1. The first-order chi connectivity index (χ1) is 6.04. The summed E-state index contributed by atoms with van der Waals surface area (Å²) in [5.74, 6) is -1.45. The van der Waals surface area contributed by atoms with Crippen LogP contribution in [0.15, 0.2) is 12.7 Å². The molecule has 1 unspecified atom stereocenters. The number of hydrogen-bond acceptors (Lipinski definition) is 4. The van der Waals surface area contributed by atoms with Gasteiger partial charge >= 0.3 is 5.97 Å². The Morgan fingerprint density at radius 3 is 2.46 bits per heavy atom. The first kappa shape index (κ1) is 11.6. The minimum atomic E-state index is -0.891. The lowest BCUT2D eigenvalue weighted by atomic mass is 9.99. The lowest BCUT2D eigenvalue weighted by Crippen LogP contribution is -2.30. The maximum Gasteiger partial charge on any atom is 0.320 e. The van der Waals surface area contributed by atoms with E-state index in [0.29, 0.717) is 0 Å². The quantitative estimate of drug-likeness (QED) is 0.498. The Labute approximate surface area is 77.6 Å². The van der Waals surface area contributed by atoms with Gasteiger partial charge in [0, 0.05) is 5.71 Å². The van der Waals surface area contributed by atoms with Crippen LogP contribution in [0.4, 0.5) is 0 Å². The van der Waals surface area contributed by atoms with Crippen LogP contribution in [0.3, 0.4) is 0 Å². The van der Waals surface area contributed by atoms with Crippen LogP contribution >= 0.6 is 0 Å². The molecule has 0 radical (unpaired) electrons. The van der Waals surface area contributed by atoms with Gasteiger partial charge in [-0.15, -0.1) is 0 Å². The highest BCUT2D eigenvalue weighted by Gasteiger charge is 2.24. The standard InChI is InChI=1S/C9H14N2O2/c1-4-7(11)8(6(3)10)9(12)13-5-2/h4,8,10-11H,1,5H2,2-3H3. The molecule has 0 aromatic carbocycles. The van der Waals surface area contributed by atoms with E-state index in [2.05, 4.69) is 6.58 Å². The minimum absolute atomic E-state index is 0.00551. The van der Waals surface area contributed by atoms with Crippen LogP contribution in [0.5, 0.6) is 0 Å². The molecule has 0 fully saturated rings. The second-order valence-corrected chi connectivity index (χ2v) is 2.53. The third-order valence-corrected chi connectivity index (χ3v) is 1.49. The van der Waals surface area contributed by atoms with Crippen molar-refractivity contribution in [2.75, 3.05) is 6.61 Å². The van der Waals surface area contributed by atoms with Crippen LogP contribution in [0.2, 0.25) is 0 Å². The second-order valence-electron chi connectivity index (χ2n) is 2.53. The van der Waals surface area contributed by atoms with E-state index in [1.807, 2.05) is 0 Å². The molecule has 0 aliphatic carbocycles. The van der Waals surface area contributed by atoms with Crippen LogP contribution in [-0.4, -0.2) is 24.0 Å². The molecule has 0 spiro atoms. The highest BCUT2D eigenvalue weighted by molar-refractivity contribution is 6.21. The summed E-state index contributed by atoms with van der Waals surface area (Å²) in [5.41, 5.74) is 0.106. The lowest BCUT2D eigenvalue weighted by Gasteiger charge is -2.12. The van der Waals surface area contributed by atoms with Gasteiger partial charge in [-0.05, 0) is 19.9 Å². The second kappa shape index (κ2) is 5.24. The molecule has 0 heterocycles. The largest absolute Gasteiger partial charge is 0.465 e. The fourth-order valence-electron chi connectivity index (χ4n) is 0.880. The van der Waals surface area contributed by atoms with Gasteiger partial charge in [-0.3, -0.25) is 4.79 Å². The zero-order valence-electron chi connectivity index (χ0n) is 7.89. The predicted molar refractivity (Wildman–Crippen MR) is 51.4 cm³/mol. The molecule has 0 bridgehead atoms. The fraction of sp³-hybridized carbons (Fsp3) is 0.444. The summed E-state index contributed by atoms with van der Waals surface area (Å²) in [6, 6.07) is 0. The Hall–Kier alpha value is -1.45. The van der Waals surface area contributed by atoms with E-state index in [9.17, 15) is 4.79 Å². The summed E-state index contributed by atoms with van der Waals surface area (Å²) >= 11 is 0. The molecule has 0 rings (SSSR count). The van der Waals surface area contributed by atoms with Crippen molar-refractivity contribution in [2.24, 2.45) is 5.92 Å². The summed E-state index contributed by atoms with van der Waals surface area (Å²) in [5, 5.41) is 14.7. The first-order valence-corrected chi connectivity index (χ1v) is 3.97. The molecule has 0 aliphatic heterocycles. The van der Waals surface area contributed by atoms with E-state index in [-0.39, 0.29) is 18.0 Å². The zero-order chi connectivity index (χ0) is 10.4. The maximum atomic E-state index is 11.2. The molecule has 0 aromatic heterocycles. The van der Waals surface area contributed by atoms with Crippen molar-refractivity contribution in [3.8, 4) is 0 Å². The fourth-order valence-corrected chi connectivity index (χ4v) is 0.880. The van der Waals surface area contributed by atoms with Crippen LogP contribution in [0, 0.1) is 16.7 Å². The smallest absolute Gasteiger partial charge is 0.320 e. The average molecular weight is 182 g/mol. The molecule has 4 heteroatoms. The van der Waals surface area contributed by atoms with Gasteiger partial charge in [-0.25, -0.2) is 0 Å². The molecule has 0 saturated heterocycles. The molecule has 13 heavy (non-hydrogen) atoms. The van der Waals surface area contributed by atoms with Gasteiger partial charge in [0.2, 0.25) is 0 Å². The number of nitrogens with one attached hydrogen (secondary N) is 2. The molecule has 2 N–H and O–H groups in total. The van der Waals surface area contributed by atoms with Crippen molar-refractivity contribution < 1.29 is 9.53 Å². The number of ether oxygens (including phenoxy) is 1. The third kappa shape index (κ3) is 3.19. The van der Waals surface area contributed by atoms with Crippen molar-refractivity contribution in [2.45, 2.75) is 13.8 Å². The van der Waals surface area contributed by atoms with Crippen molar-refractivity contribution >= 4 is 17.4 Å². The minimum Gasteiger partial charge on any atom is -0.465 e. The summed E-state index contributed by atoms with van der Waals surface area (Å²) in [6.07, 6.45) is 1.25. The predicted octanol–water partition coefficient (Wildman–Crippen LogP) is 1.41. The Morgan fingerprint density at radius 1 is 1.62 bits per heavy atom. The Kier molecular flexibility index (Phi) is 4.66. The van der Waals surface area contributed by atoms with Gasteiger partial charge in [0.05, 0.1) is 12.3 Å². The van der Waals surface area contributed by atoms with Crippen LogP contribution < -0.4 is 0 Å². The number of carbonyl (C=O) groups excluding carboxylic acids is 1. The summed E-state index contributed by atoms with van der Waals surface area (Å²) < 4.78 is 4.72. The van der Waals surface area contributed by atoms with Crippen LogP contribution in [0.1, 0.15) is 13.8 Å². The van der Waals surface area contributed by atoms with Crippen molar-refractivity contribution in [1.82, 2.24) is 0 Å². The van der Waals surface area contributed by atoms with Gasteiger partial charge in [-0.1, -0.05) is 6.58 Å². The molecule has 0 aliphatic rings. The number of allylic oxidation sites excluding steroid dienone is 1. The van der Waals surface area contributed by atoms with Crippen molar-refractivity contribution in [3.63, 3.8) is 0 Å². The Bertz CT molecular complexity index is 246. The van der Waals surface area contributed by atoms with Crippen molar-refractivity contribution in [1.29, 1.82) is 10.8 Å². The number of hydrogen-bond donors (Lipinski definition) is 2. The topological polar surface area (TPSA) is 74.0 Å². The molecule has 1 atom stereocenters. The third-order valence-electron chi connectivity index (χ3n) is 1.49. The SMILES string of the molecule is C=CC(=N)C(C(C)=N)C(=O)OCC. The molecule has 0 amide bonds. The van der Waals surface area contributed by atoms with Crippen LogP contribution in [-0.2, 0) is 9.53 Å². The monoisotopic (exact) mass is 182 g/mol. The normalized spacial score (nSPS) is 11.5. The van der Waals surface area contributed by atoms with Crippen molar-refractivity contribution in [3.05, 3.63) is 12.7 Å². The van der Waals surface area contributed by atoms with E-state index in [1.165, 1.54) is 13.0 Å². The zero-order valence-corrected chi connectivity index (χ0v) is 7.89. The van der Waals surface area contributed by atoms with Gasteiger partial charge in [0.15, 0.2) is 0 Å². The van der Waals surface area contributed by atoms with E-state index < -0.39 is 11.9 Å². The molecular weight excluding hydrogens is 168 g/mol. The molecular formula is C9H14N2O2. The highest BCUT2D eigenvalue weighted by Crippen LogP contribution is 2.05. The molecule has 4 nitrogen and oxygen atoms in total. The van der Waals surface area contributed by atoms with Gasteiger partial charge < -0.3 is 15.6 Å². The molecule has 0 aromatic rings. The number of carbonyl (C=O) groups is 1. The lowest BCUT2D eigenvalue weighted by molar-refractivity contribution is -0.143. The van der Waals surface area contributed by atoms with E-state index >= 15 is 0 Å². The average Bonchev–Trinajstić information content (AvgIpc) is 2.04. The summed E-state index contributed by atoms with van der Waals surface area (Å²) in [6.45, 7) is 6.79. The Balaban J connectivity index is 4.60. The van der Waals surface area contributed by atoms with E-state index in [1.54, 1.807) is 6.92 Å². The van der Waals surface area contributed by atoms with E-state index in [4.69, 9.17) is 15.6 Å². The number of rotatable bonds is 5. The highest BCUT2D eigenvalue weighted by atomic mass is 16.5. The van der Waals surface area contributed by atoms with Crippen LogP contribution in [0.25, 0.3) is 0 Å². The Morgan fingerprint density at radius 2 is 2.15 bits per heavy atom. The summed E-state index contributed by atoms with van der Waals surface area (Å²) in [7, 11) is 0. The maximum absolute atomic E-state index is 11.2. The molecule has 72 valence electrons. The van der Waals surface area contributed by atoms with Gasteiger partial charge in [0.25, 0.3) is 0 Å². The van der Waals surface area contributed by atoms with E-state index in [0.717, 1.165) is 0 Å². The van der Waals surface area contributed by atoms with Gasteiger partial charge in [-0.2, -0.15) is 0 Å². The molecule has 0 saturated carbocycles.